The van der Waals surface area contributed by atoms with Crippen LogP contribution in [0.1, 0.15) is 33.6 Å². The molecule has 0 aromatic heterocycles. The number of carbonyl (C=O) groups is 1. The molecule has 0 spiro atoms. The average molecular weight is 201 g/mol. The Balaban J connectivity index is 3.83. The van der Waals surface area contributed by atoms with Gasteiger partial charge in [0, 0.05) is 12.6 Å². The van der Waals surface area contributed by atoms with Gasteiger partial charge in [-0.3, -0.25) is 0 Å². The zero-order chi connectivity index (χ0) is 11.0. The molecule has 4 N–H and O–H groups in total. The normalized spacial score (nSPS) is 12.6. The molecule has 4 nitrogen and oxygen atoms in total. The predicted molar refractivity (Wildman–Crippen MR) is 59.1 cm³/mol. The van der Waals surface area contributed by atoms with Gasteiger partial charge in [-0.2, -0.15) is 0 Å². The lowest BCUT2D eigenvalue weighted by Gasteiger charge is -2.21. The zero-order valence-corrected chi connectivity index (χ0v) is 9.47. The number of nitrogens with two attached hydrogens (primary N) is 1. The second-order valence-electron chi connectivity index (χ2n) is 3.83. The second kappa shape index (κ2) is 7.62. The van der Waals surface area contributed by atoms with Crippen molar-refractivity contribution in [3.05, 3.63) is 0 Å². The summed E-state index contributed by atoms with van der Waals surface area (Å²) in [5.74, 6) is 0.422. The topological polar surface area (TPSA) is 67.2 Å². The van der Waals surface area contributed by atoms with Crippen LogP contribution >= 0.6 is 0 Å². The molecular weight excluding hydrogens is 178 g/mol. The number of rotatable bonds is 6. The lowest BCUT2D eigenvalue weighted by molar-refractivity contribution is 0.232. The van der Waals surface area contributed by atoms with Crippen LogP contribution in [-0.4, -0.2) is 25.2 Å². The summed E-state index contributed by atoms with van der Waals surface area (Å²) in [5, 5.41) is 5.71. The van der Waals surface area contributed by atoms with Crippen LogP contribution in [0.25, 0.3) is 0 Å². The van der Waals surface area contributed by atoms with E-state index in [1.165, 1.54) is 0 Å². The van der Waals surface area contributed by atoms with Crippen molar-refractivity contribution in [2.24, 2.45) is 11.7 Å². The predicted octanol–water partition coefficient (Wildman–Crippen LogP) is 1.07. The summed E-state index contributed by atoms with van der Waals surface area (Å²) in [7, 11) is 0. The molecule has 0 aliphatic carbocycles. The third-order valence-corrected chi connectivity index (χ3v) is 2.13. The third-order valence-electron chi connectivity index (χ3n) is 2.13. The molecule has 14 heavy (non-hydrogen) atoms. The van der Waals surface area contributed by atoms with E-state index < -0.39 is 0 Å². The minimum Gasteiger partial charge on any atom is -0.338 e. The molecule has 1 unspecified atom stereocenters. The number of carbonyl (C=O) groups excluding carboxylic acids is 1. The van der Waals surface area contributed by atoms with Crippen molar-refractivity contribution in [2.75, 3.05) is 13.1 Å². The summed E-state index contributed by atoms with van der Waals surface area (Å²) in [6, 6.07) is 0.0934. The van der Waals surface area contributed by atoms with Gasteiger partial charge in [-0.1, -0.05) is 20.8 Å². The second-order valence-corrected chi connectivity index (χ2v) is 3.83. The van der Waals surface area contributed by atoms with Crippen molar-refractivity contribution in [3.63, 3.8) is 0 Å². The molecule has 0 aliphatic rings. The van der Waals surface area contributed by atoms with Crippen molar-refractivity contribution in [1.82, 2.24) is 10.6 Å². The van der Waals surface area contributed by atoms with Gasteiger partial charge in [0.15, 0.2) is 0 Å². The van der Waals surface area contributed by atoms with Gasteiger partial charge >= 0.3 is 6.03 Å². The molecule has 0 aliphatic heterocycles. The highest BCUT2D eigenvalue weighted by Crippen LogP contribution is 2.04. The smallest absolute Gasteiger partial charge is 0.315 e. The Bertz CT molecular complexity index is 159. The van der Waals surface area contributed by atoms with E-state index in [-0.39, 0.29) is 12.1 Å². The maximum atomic E-state index is 11.3. The van der Waals surface area contributed by atoms with Crippen molar-refractivity contribution >= 4 is 6.03 Å². The average Bonchev–Trinajstić information content (AvgIpc) is 2.14. The summed E-state index contributed by atoms with van der Waals surface area (Å²) in [5.41, 5.74) is 5.47. The summed E-state index contributed by atoms with van der Waals surface area (Å²) in [6.45, 7) is 7.52. The SMILES string of the molecule is CCCNC(=O)NC(CCN)C(C)C. The van der Waals surface area contributed by atoms with Crippen molar-refractivity contribution in [3.8, 4) is 0 Å². The molecule has 0 fully saturated rings. The van der Waals surface area contributed by atoms with Crippen molar-refractivity contribution < 1.29 is 4.79 Å². The fraction of sp³-hybridized carbons (Fsp3) is 0.900. The maximum absolute atomic E-state index is 11.3. The molecule has 2 amide bonds. The monoisotopic (exact) mass is 201 g/mol. The largest absolute Gasteiger partial charge is 0.338 e. The molecule has 0 saturated carbocycles. The highest BCUT2D eigenvalue weighted by molar-refractivity contribution is 5.74. The van der Waals surface area contributed by atoms with E-state index in [4.69, 9.17) is 5.73 Å². The molecule has 0 aromatic rings. The number of nitrogens with one attached hydrogen (secondary N) is 2. The first-order valence-corrected chi connectivity index (χ1v) is 5.36. The number of urea groups is 1. The van der Waals surface area contributed by atoms with E-state index in [0.717, 1.165) is 19.4 Å². The van der Waals surface area contributed by atoms with Crippen LogP contribution in [0, 0.1) is 5.92 Å². The minimum absolute atomic E-state index is 0.0843. The lowest BCUT2D eigenvalue weighted by atomic mass is 10.0. The van der Waals surface area contributed by atoms with Crippen LogP contribution in [0.3, 0.4) is 0 Å². The van der Waals surface area contributed by atoms with Gasteiger partial charge in [-0.25, -0.2) is 4.79 Å². The van der Waals surface area contributed by atoms with Crippen LogP contribution in [0.15, 0.2) is 0 Å². The Labute approximate surface area is 86.6 Å². The van der Waals surface area contributed by atoms with E-state index in [0.29, 0.717) is 12.5 Å². The van der Waals surface area contributed by atoms with E-state index in [9.17, 15) is 4.79 Å². The molecule has 0 saturated heterocycles. The summed E-state index contributed by atoms with van der Waals surface area (Å²) >= 11 is 0. The number of hydrogen-bond acceptors (Lipinski definition) is 2. The molecule has 1 atom stereocenters. The van der Waals surface area contributed by atoms with Gasteiger partial charge in [0.1, 0.15) is 0 Å². The van der Waals surface area contributed by atoms with E-state index in [2.05, 4.69) is 24.5 Å². The first kappa shape index (κ1) is 13.2. The molecule has 0 bridgehead atoms. The fourth-order valence-corrected chi connectivity index (χ4v) is 1.21. The number of hydrogen-bond donors (Lipinski definition) is 3. The molecule has 84 valence electrons. The summed E-state index contributed by atoms with van der Waals surface area (Å²) in [6.07, 6.45) is 1.79. The first-order chi connectivity index (χ1) is 6.61. The molecule has 0 rings (SSSR count). The molecule has 0 aromatic carbocycles. The Hall–Kier alpha value is -0.770. The Morgan fingerprint density at radius 1 is 1.43 bits per heavy atom. The van der Waals surface area contributed by atoms with Crippen LogP contribution in [0.2, 0.25) is 0 Å². The van der Waals surface area contributed by atoms with Crippen LogP contribution < -0.4 is 16.4 Å². The van der Waals surface area contributed by atoms with Crippen molar-refractivity contribution in [2.45, 2.75) is 39.7 Å². The van der Waals surface area contributed by atoms with Gasteiger partial charge < -0.3 is 16.4 Å². The zero-order valence-electron chi connectivity index (χ0n) is 9.47. The Morgan fingerprint density at radius 2 is 2.07 bits per heavy atom. The van der Waals surface area contributed by atoms with Gasteiger partial charge in [-0.05, 0) is 25.3 Å². The number of amides is 2. The van der Waals surface area contributed by atoms with Gasteiger partial charge in [-0.15, -0.1) is 0 Å². The standard InChI is InChI=1S/C10H23N3O/c1-4-7-12-10(14)13-9(5-6-11)8(2)3/h8-9H,4-7,11H2,1-3H3,(H2,12,13,14). The van der Waals surface area contributed by atoms with E-state index in [1.807, 2.05) is 6.92 Å². The van der Waals surface area contributed by atoms with Gasteiger partial charge in [0.25, 0.3) is 0 Å². The molecular formula is C10H23N3O. The van der Waals surface area contributed by atoms with Crippen LogP contribution in [0.4, 0.5) is 4.79 Å². The molecule has 0 radical (unpaired) electrons. The highest BCUT2D eigenvalue weighted by Gasteiger charge is 2.14. The van der Waals surface area contributed by atoms with E-state index in [1.54, 1.807) is 0 Å². The Morgan fingerprint density at radius 3 is 2.50 bits per heavy atom. The Kier molecular flexibility index (Phi) is 7.20. The minimum atomic E-state index is -0.0843. The molecule has 4 heteroatoms. The quantitative estimate of drug-likeness (QED) is 0.601. The van der Waals surface area contributed by atoms with Crippen LogP contribution in [0.5, 0.6) is 0 Å². The van der Waals surface area contributed by atoms with Crippen molar-refractivity contribution in [1.29, 1.82) is 0 Å². The van der Waals surface area contributed by atoms with Gasteiger partial charge in [0.2, 0.25) is 0 Å². The van der Waals surface area contributed by atoms with E-state index >= 15 is 0 Å². The third kappa shape index (κ3) is 5.80. The highest BCUT2D eigenvalue weighted by atomic mass is 16.2. The molecule has 0 heterocycles. The first-order valence-electron chi connectivity index (χ1n) is 5.36. The maximum Gasteiger partial charge on any atom is 0.315 e. The van der Waals surface area contributed by atoms with Gasteiger partial charge in [0.05, 0.1) is 0 Å². The lowest BCUT2D eigenvalue weighted by Crippen LogP contribution is -2.45. The van der Waals surface area contributed by atoms with Crippen LogP contribution in [-0.2, 0) is 0 Å². The summed E-state index contributed by atoms with van der Waals surface area (Å²) < 4.78 is 0. The summed E-state index contributed by atoms with van der Waals surface area (Å²) in [4.78, 5) is 11.3. The fourth-order valence-electron chi connectivity index (χ4n) is 1.21.